The van der Waals surface area contributed by atoms with Crippen LogP contribution < -0.4 is 5.32 Å². The maximum absolute atomic E-state index is 13.4. The molecule has 0 bridgehead atoms. The highest BCUT2D eigenvalue weighted by Gasteiger charge is 2.41. The molecule has 9 heteroatoms. The summed E-state index contributed by atoms with van der Waals surface area (Å²) < 4.78 is 13.4. The zero-order valence-corrected chi connectivity index (χ0v) is 18.0. The number of likely N-dealkylation sites (tertiary alicyclic amines) is 1. The lowest BCUT2D eigenvalue weighted by molar-refractivity contribution is -0.139. The van der Waals surface area contributed by atoms with Crippen LogP contribution in [0.15, 0.2) is 48.5 Å². The topological polar surface area (TPSA) is 90.0 Å². The van der Waals surface area contributed by atoms with Crippen molar-refractivity contribution in [2.45, 2.75) is 37.5 Å². The molecular weight excluding hydrogens is 437 g/mol. The molecule has 7 nitrogen and oxygen atoms in total. The molecule has 1 unspecified atom stereocenters. The van der Waals surface area contributed by atoms with Gasteiger partial charge in [0.15, 0.2) is 0 Å². The number of urea groups is 1. The molecule has 2 N–H and O–H groups in total. The molecule has 4 rings (SSSR count). The fraction of sp³-hybridized carbons (Fsp3) is 0.348. The molecule has 0 spiro atoms. The third kappa shape index (κ3) is 4.61. The number of benzene rings is 2. The Morgan fingerprint density at radius 2 is 1.84 bits per heavy atom. The van der Waals surface area contributed by atoms with Gasteiger partial charge in [-0.25, -0.2) is 9.18 Å². The molecule has 2 aromatic carbocycles. The molecule has 168 valence electrons. The van der Waals surface area contributed by atoms with Crippen LogP contribution in [0.1, 0.15) is 30.4 Å². The van der Waals surface area contributed by atoms with Crippen molar-refractivity contribution >= 4 is 29.4 Å². The Balaban J connectivity index is 1.34. The van der Waals surface area contributed by atoms with Crippen molar-refractivity contribution in [2.75, 3.05) is 13.1 Å². The minimum absolute atomic E-state index is 0.0645. The monoisotopic (exact) mass is 459 g/mol. The Bertz CT molecular complexity index is 1040. The zero-order valence-electron chi connectivity index (χ0n) is 17.3. The standard InChI is InChI=1S/C23H23ClFN3O4/c24-17-6-4-16(5-7-17)23(32)8-10-27(11-9-23)20(29)13-19-21(30)28(22(31)26-19)14-15-2-1-3-18(25)12-15/h1-7,12,19,32H,8-11,13-14H2,(H,26,31). The van der Waals surface area contributed by atoms with Gasteiger partial charge >= 0.3 is 6.03 Å². The third-order valence-corrected chi connectivity index (χ3v) is 6.29. The number of piperidine rings is 1. The number of aliphatic hydroxyl groups is 1. The molecule has 0 radical (unpaired) electrons. The lowest BCUT2D eigenvalue weighted by atomic mass is 9.84. The first-order valence-electron chi connectivity index (χ1n) is 10.4. The highest BCUT2D eigenvalue weighted by molar-refractivity contribution is 6.30. The Labute approximate surface area is 189 Å². The van der Waals surface area contributed by atoms with Gasteiger partial charge in [0.25, 0.3) is 5.91 Å². The van der Waals surface area contributed by atoms with Crippen molar-refractivity contribution in [3.05, 3.63) is 70.5 Å². The average molecular weight is 460 g/mol. The van der Waals surface area contributed by atoms with Crippen LogP contribution in [0.2, 0.25) is 5.02 Å². The van der Waals surface area contributed by atoms with Gasteiger partial charge in [0.1, 0.15) is 11.9 Å². The summed E-state index contributed by atoms with van der Waals surface area (Å²) >= 11 is 5.91. The SMILES string of the molecule is O=C(CC1NC(=O)N(Cc2cccc(F)c2)C1=O)N1CCC(O)(c2ccc(Cl)cc2)CC1. The van der Waals surface area contributed by atoms with E-state index < -0.39 is 29.4 Å². The normalized spacial score (nSPS) is 20.4. The Morgan fingerprint density at radius 3 is 2.50 bits per heavy atom. The summed E-state index contributed by atoms with van der Waals surface area (Å²) in [6, 6.07) is 11.1. The summed E-state index contributed by atoms with van der Waals surface area (Å²) in [5.41, 5.74) is 0.193. The van der Waals surface area contributed by atoms with Crippen molar-refractivity contribution in [3.63, 3.8) is 0 Å². The average Bonchev–Trinajstić information content (AvgIpc) is 3.02. The van der Waals surface area contributed by atoms with E-state index in [0.717, 1.165) is 10.5 Å². The third-order valence-electron chi connectivity index (χ3n) is 6.04. The Kier molecular flexibility index (Phi) is 6.17. The van der Waals surface area contributed by atoms with Crippen molar-refractivity contribution in [1.29, 1.82) is 0 Å². The maximum atomic E-state index is 13.4. The first-order valence-corrected chi connectivity index (χ1v) is 10.8. The number of carbonyl (C=O) groups is 3. The molecule has 2 aliphatic rings. The predicted molar refractivity (Wildman–Crippen MR) is 115 cm³/mol. The van der Waals surface area contributed by atoms with Crippen LogP contribution >= 0.6 is 11.6 Å². The van der Waals surface area contributed by atoms with Crippen LogP contribution in [-0.4, -0.2) is 51.9 Å². The summed E-state index contributed by atoms with van der Waals surface area (Å²) in [4.78, 5) is 40.3. The van der Waals surface area contributed by atoms with Crippen LogP contribution in [0.25, 0.3) is 0 Å². The number of rotatable bonds is 5. The van der Waals surface area contributed by atoms with Crippen molar-refractivity contribution in [1.82, 2.24) is 15.1 Å². The minimum Gasteiger partial charge on any atom is -0.385 e. The number of amides is 4. The molecule has 2 fully saturated rings. The first kappa shape index (κ1) is 22.2. The molecule has 1 atom stereocenters. The lowest BCUT2D eigenvalue weighted by Gasteiger charge is -2.38. The molecule has 0 aliphatic carbocycles. The van der Waals surface area contributed by atoms with E-state index in [1.807, 2.05) is 0 Å². The Morgan fingerprint density at radius 1 is 1.16 bits per heavy atom. The van der Waals surface area contributed by atoms with E-state index in [-0.39, 0.29) is 18.9 Å². The largest absolute Gasteiger partial charge is 0.385 e. The molecule has 2 aromatic rings. The number of hydrogen-bond acceptors (Lipinski definition) is 4. The summed E-state index contributed by atoms with van der Waals surface area (Å²) in [6.07, 6.45) is 0.553. The van der Waals surface area contributed by atoms with Gasteiger partial charge in [-0.1, -0.05) is 35.9 Å². The molecule has 32 heavy (non-hydrogen) atoms. The number of imide groups is 1. The van der Waals surface area contributed by atoms with Gasteiger partial charge in [-0.2, -0.15) is 0 Å². The summed E-state index contributed by atoms with van der Waals surface area (Å²) in [5, 5.41) is 14.1. The minimum atomic E-state index is -1.04. The van der Waals surface area contributed by atoms with Gasteiger partial charge in [0.05, 0.1) is 18.6 Å². The van der Waals surface area contributed by atoms with Crippen LogP contribution in [0, 0.1) is 5.82 Å². The van der Waals surface area contributed by atoms with Gasteiger partial charge in [0, 0.05) is 18.1 Å². The second-order valence-corrected chi connectivity index (χ2v) is 8.62. The predicted octanol–water partition coefficient (Wildman–Crippen LogP) is 2.80. The number of halogens is 2. The van der Waals surface area contributed by atoms with E-state index in [4.69, 9.17) is 11.6 Å². The van der Waals surface area contributed by atoms with Gasteiger partial charge in [-0.3, -0.25) is 14.5 Å². The van der Waals surface area contributed by atoms with Gasteiger partial charge in [-0.05, 0) is 48.2 Å². The van der Waals surface area contributed by atoms with Crippen LogP contribution in [-0.2, 0) is 21.7 Å². The van der Waals surface area contributed by atoms with E-state index in [1.54, 1.807) is 35.2 Å². The van der Waals surface area contributed by atoms with E-state index in [1.165, 1.54) is 18.2 Å². The van der Waals surface area contributed by atoms with Crippen molar-refractivity contribution in [2.24, 2.45) is 0 Å². The highest BCUT2D eigenvalue weighted by Crippen LogP contribution is 2.33. The van der Waals surface area contributed by atoms with Crippen LogP contribution in [0.5, 0.6) is 0 Å². The number of nitrogens with one attached hydrogen (secondary N) is 1. The second-order valence-electron chi connectivity index (χ2n) is 8.18. The number of hydrogen-bond donors (Lipinski definition) is 2. The molecular formula is C23H23ClFN3O4. The van der Waals surface area contributed by atoms with E-state index in [9.17, 15) is 23.9 Å². The van der Waals surface area contributed by atoms with Gasteiger partial charge in [-0.15, -0.1) is 0 Å². The number of nitrogens with zero attached hydrogens (tertiary/aromatic N) is 2. The summed E-state index contributed by atoms with van der Waals surface area (Å²) in [6.45, 7) is 0.602. The zero-order chi connectivity index (χ0) is 22.9. The molecule has 4 amide bonds. The second kappa shape index (κ2) is 8.88. The quantitative estimate of drug-likeness (QED) is 0.673. The van der Waals surface area contributed by atoms with Crippen LogP contribution in [0.4, 0.5) is 9.18 Å². The number of carbonyl (C=O) groups excluding carboxylic acids is 3. The Hall–Kier alpha value is -2.97. The summed E-state index contributed by atoms with van der Waals surface area (Å²) in [5.74, 6) is -1.23. The van der Waals surface area contributed by atoms with E-state index in [0.29, 0.717) is 36.5 Å². The van der Waals surface area contributed by atoms with E-state index in [2.05, 4.69) is 5.32 Å². The maximum Gasteiger partial charge on any atom is 0.325 e. The summed E-state index contributed by atoms with van der Waals surface area (Å²) in [7, 11) is 0. The van der Waals surface area contributed by atoms with Gasteiger partial charge in [0.2, 0.25) is 5.91 Å². The first-order chi connectivity index (χ1) is 15.2. The van der Waals surface area contributed by atoms with Gasteiger partial charge < -0.3 is 15.3 Å². The lowest BCUT2D eigenvalue weighted by Crippen LogP contribution is -2.47. The fourth-order valence-corrected chi connectivity index (χ4v) is 4.29. The molecule has 2 heterocycles. The molecule has 0 aromatic heterocycles. The van der Waals surface area contributed by atoms with Crippen LogP contribution in [0.3, 0.4) is 0 Å². The molecule has 0 saturated carbocycles. The fourth-order valence-electron chi connectivity index (χ4n) is 4.16. The van der Waals surface area contributed by atoms with Crippen molar-refractivity contribution < 1.29 is 23.9 Å². The highest BCUT2D eigenvalue weighted by atomic mass is 35.5. The smallest absolute Gasteiger partial charge is 0.325 e. The molecule has 2 aliphatic heterocycles. The molecule has 2 saturated heterocycles. The van der Waals surface area contributed by atoms with Crippen molar-refractivity contribution in [3.8, 4) is 0 Å². The van der Waals surface area contributed by atoms with E-state index >= 15 is 0 Å².